The fourth-order valence-corrected chi connectivity index (χ4v) is 4.93. The molecule has 0 fully saturated rings. The molecule has 5 rings (SSSR count). The predicted molar refractivity (Wildman–Crippen MR) is 134 cm³/mol. The highest BCUT2D eigenvalue weighted by Gasteiger charge is 2.36. The summed E-state index contributed by atoms with van der Waals surface area (Å²) in [5.41, 5.74) is 0.714. The lowest BCUT2D eigenvalue weighted by Crippen LogP contribution is -2.50. The first kappa shape index (κ1) is 22.9. The van der Waals surface area contributed by atoms with Crippen LogP contribution < -0.4 is 15.9 Å². The number of unbranched alkanes of at least 4 members (excludes halogenated alkanes) is 2. The Morgan fingerprint density at radius 2 is 1.91 bits per heavy atom. The molecule has 1 aromatic heterocycles. The Labute approximate surface area is 205 Å². The van der Waals surface area contributed by atoms with Crippen LogP contribution in [0.5, 0.6) is 0 Å². The van der Waals surface area contributed by atoms with E-state index in [1.54, 1.807) is 35.3 Å². The van der Waals surface area contributed by atoms with E-state index in [1.165, 1.54) is 17.8 Å². The normalized spacial score (nSPS) is 16.7. The molecule has 10 heteroatoms. The molecule has 2 aromatic carbocycles. The third kappa shape index (κ3) is 4.44. The summed E-state index contributed by atoms with van der Waals surface area (Å²) < 4.78 is 6.09. The molecule has 0 saturated carbocycles. The van der Waals surface area contributed by atoms with Crippen LogP contribution in [-0.4, -0.2) is 26.8 Å². The minimum absolute atomic E-state index is 0.0484. The average Bonchev–Trinajstić information content (AvgIpc) is 3.36. The van der Waals surface area contributed by atoms with Gasteiger partial charge in [0.2, 0.25) is 6.17 Å². The summed E-state index contributed by atoms with van der Waals surface area (Å²) in [6, 6.07) is 17.2. The molecule has 0 aliphatic carbocycles. The molecule has 0 bridgehead atoms. The standard InChI is InChI=1S/C25H23N5O4S/c1-2-3-8-15-35-25-27-24(31)22-16-9-4-6-11-18(16)26-23(29(22)28-25)21-14-13-20(34-21)17-10-5-7-12-19(17)30(32)33/h4-7,9-14,23H,2-3,8,15H2,1H3,(H,27,28,31)/t23-/m1/s1. The molecule has 0 unspecified atom stereocenters. The molecule has 1 amide bonds. The molecule has 2 aliphatic rings. The van der Waals surface area contributed by atoms with Crippen LogP contribution in [0.25, 0.3) is 17.0 Å². The first-order valence-electron chi connectivity index (χ1n) is 11.4. The van der Waals surface area contributed by atoms with Gasteiger partial charge in [-0.15, -0.1) is 5.10 Å². The van der Waals surface area contributed by atoms with Gasteiger partial charge < -0.3 is 4.42 Å². The van der Waals surface area contributed by atoms with E-state index in [-0.39, 0.29) is 11.6 Å². The molecule has 0 saturated heterocycles. The Hall–Kier alpha value is -3.92. The van der Waals surface area contributed by atoms with Gasteiger partial charge >= 0.3 is 0 Å². The molecule has 3 aromatic rings. The number of hydrogen-bond acceptors (Lipinski definition) is 8. The summed E-state index contributed by atoms with van der Waals surface area (Å²) >= 11 is 1.50. The summed E-state index contributed by atoms with van der Waals surface area (Å²) in [6.07, 6.45) is 2.53. The second-order valence-corrected chi connectivity index (χ2v) is 9.19. The molecule has 178 valence electrons. The molecule has 9 nitrogen and oxygen atoms in total. The van der Waals surface area contributed by atoms with E-state index in [9.17, 15) is 14.9 Å². The van der Waals surface area contributed by atoms with Crippen molar-refractivity contribution in [2.45, 2.75) is 32.4 Å². The Kier molecular flexibility index (Phi) is 6.37. The third-order valence-corrected chi connectivity index (χ3v) is 6.70. The second-order valence-electron chi connectivity index (χ2n) is 8.10. The van der Waals surface area contributed by atoms with Crippen molar-refractivity contribution in [3.8, 4) is 11.3 Å². The summed E-state index contributed by atoms with van der Waals surface area (Å²) in [4.78, 5) is 29.1. The van der Waals surface area contributed by atoms with Crippen LogP contribution in [0.2, 0.25) is 0 Å². The monoisotopic (exact) mass is 489 g/mol. The number of para-hydroxylation sites is 2. The van der Waals surface area contributed by atoms with Gasteiger partial charge in [-0.1, -0.05) is 61.9 Å². The molecule has 35 heavy (non-hydrogen) atoms. The third-order valence-electron chi connectivity index (χ3n) is 5.75. The van der Waals surface area contributed by atoms with Gasteiger partial charge in [0.05, 0.1) is 15.8 Å². The van der Waals surface area contributed by atoms with Crippen LogP contribution in [0.1, 0.15) is 38.1 Å². The van der Waals surface area contributed by atoms with Crippen molar-refractivity contribution in [1.29, 1.82) is 0 Å². The average molecular weight is 490 g/mol. The smallest absolute Gasteiger partial charge is 0.280 e. The second kappa shape index (κ2) is 9.75. The van der Waals surface area contributed by atoms with Crippen LogP contribution in [0.15, 0.2) is 75.2 Å². The summed E-state index contributed by atoms with van der Waals surface area (Å²) in [5, 5.41) is 22.6. The summed E-state index contributed by atoms with van der Waals surface area (Å²) in [7, 11) is 0. The first-order chi connectivity index (χ1) is 17.1. The van der Waals surface area contributed by atoms with E-state index < -0.39 is 11.1 Å². The van der Waals surface area contributed by atoms with E-state index in [0.29, 0.717) is 38.5 Å². The lowest BCUT2D eigenvalue weighted by Gasteiger charge is -2.32. The maximum absolute atomic E-state index is 13.2. The molecule has 1 N–H and O–H groups in total. The highest BCUT2D eigenvalue weighted by Crippen LogP contribution is 2.36. The molecule has 3 heterocycles. The zero-order chi connectivity index (χ0) is 24.4. The number of amides is 1. The van der Waals surface area contributed by atoms with E-state index in [1.807, 2.05) is 24.3 Å². The summed E-state index contributed by atoms with van der Waals surface area (Å²) in [5.74, 6) is 1.37. The van der Waals surface area contributed by atoms with Crippen molar-refractivity contribution in [1.82, 2.24) is 10.3 Å². The minimum Gasteiger partial charge on any atom is -0.456 e. The van der Waals surface area contributed by atoms with E-state index >= 15 is 0 Å². The number of nitrogens with one attached hydrogen (secondary N) is 1. The number of nitrogens with zero attached hydrogens (tertiary/aromatic N) is 4. The van der Waals surface area contributed by atoms with E-state index in [4.69, 9.17) is 14.5 Å². The van der Waals surface area contributed by atoms with Gasteiger partial charge in [0.15, 0.2) is 10.9 Å². The molecule has 2 aliphatic heterocycles. The number of furan rings is 1. The van der Waals surface area contributed by atoms with Gasteiger partial charge in [0.25, 0.3) is 11.6 Å². The Balaban J connectivity index is 1.56. The number of nitro benzene ring substituents is 1. The number of hydrazone groups is 1. The maximum atomic E-state index is 13.2. The number of carbonyl (C=O) groups excluding carboxylic acids is 1. The fourth-order valence-electron chi connectivity index (χ4n) is 4.08. The van der Waals surface area contributed by atoms with Crippen molar-refractivity contribution in [2.75, 3.05) is 5.75 Å². The first-order valence-corrected chi connectivity index (χ1v) is 12.4. The van der Waals surface area contributed by atoms with Gasteiger partial charge in [0.1, 0.15) is 11.5 Å². The maximum Gasteiger partial charge on any atom is 0.280 e. The molecular formula is C25H23N5O4S. The highest BCUT2D eigenvalue weighted by molar-refractivity contribution is 8.13. The van der Waals surface area contributed by atoms with Crippen LogP contribution in [0.4, 0.5) is 5.69 Å². The fraction of sp³-hybridized carbons (Fsp3) is 0.240. The number of hydrogen-bond donors (Lipinski definition) is 1. The van der Waals surface area contributed by atoms with Gasteiger partial charge in [-0.2, -0.15) is 0 Å². The van der Waals surface area contributed by atoms with E-state index in [2.05, 4.69) is 12.2 Å². The van der Waals surface area contributed by atoms with Crippen LogP contribution in [0, 0.1) is 10.1 Å². The zero-order valence-corrected chi connectivity index (χ0v) is 19.8. The molecule has 0 spiro atoms. The molecular weight excluding hydrogens is 466 g/mol. The minimum atomic E-state index is -0.728. The van der Waals surface area contributed by atoms with Crippen molar-refractivity contribution < 1.29 is 14.1 Å². The number of nitro groups is 1. The van der Waals surface area contributed by atoms with Crippen molar-refractivity contribution in [3.63, 3.8) is 0 Å². The summed E-state index contributed by atoms with van der Waals surface area (Å²) in [6.45, 7) is 2.14. The SMILES string of the molecule is CCCCCSC1=NN2C(=c3ccccc3=N[C@H]2c2ccc(-c3ccccc3[N+](=O)[O-])o2)C(=O)N1. The van der Waals surface area contributed by atoms with Gasteiger partial charge in [-0.25, -0.2) is 10.0 Å². The number of amidine groups is 1. The van der Waals surface area contributed by atoms with Crippen LogP contribution in [0.3, 0.4) is 0 Å². The van der Waals surface area contributed by atoms with Gasteiger partial charge in [-0.05, 0) is 30.7 Å². The lowest BCUT2D eigenvalue weighted by atomic mass is 10.1. The van der Waals surface area contributed by atoms with Gasteiger partial charge in [0, 0.05) is 17.0 Å². The highest BCUT2D eigenvalue weighted by atomic mass is 32.2. The Morgan fingerprint density at radius 1 is 1.11 bits per heavy atom. The largest absolute Gasteiger partial charge is 0.456 e. The van der Waals surface area contributed by atoms with Crippen molar-refractivity contribution >= 4 is 34.2 Å². The number of rotatable bonds is 7. The lowest BCUT2D eigenvalue weighted by molar-refractivity contribution is -0.384. The topological polar surface area (TPSA) is 113 Å². The molecule has 1 atom stereocenters. The Bertz CT molecular complexity index is 1450. The van der Waals surface area contributed by atoms with Crippen molar-refractivity contribution in [3.05, 3.63) is 87.1 Å². The van der Waals surface area contributed by atoms with Crippen molar-refractivity contribution in [2.24, 2.45) is 10.1 Å². The number of fused-ring (bicyclic) bond motifs is 2. The Morgan fingerprint density at radius 3 is 2.74 bits per heavy atom. The predicted octanol–water partition coefficient (Wildman–Crippen LogP) is 3.92. The zero-order valence-electron chi connectivity index (χ0n) is 19.0. The number of carbonyl (C=O) groups is 1. The van der Waals surface area contributed by atoms with Crippen LogP contribution in [-0.2, 0) is 4.79 Å². The van der Waals surface area contributed by atoms with E-state index in [0.717, 1.165) is 25.0 Å². The van der Waals surface area contributed by atoms with Crippen LogP contribution >= 0.6 is 11.8 Å². The number of benzene rings is 2. The number of thioether (sulfide) groups is 1. The van der Waals surface area contributed by atoms with Gasteiger partial charge in [-0.3, -0.25) is 20.2 Å². The molecule has 0 radical (unpaired) electrons. The quantitative estimate of drug-likeness (QED) is 0.306.